The Labute approximate surface area is 122 Å². The van der Waals surface area contributed by atoms with E-state index in [4.69, 9.17) is 23.2 Å². The lowest BCUT2D eigenvalue weighted by atomic mass is 9.53. The van der Waals surface area contributed by atoms with E-state index in [2.05, 4.69) is 20.3 Å². The molecule has 4 nitrogen and oxygen atoms in total. The first-order chi connectivity index (χ1) is 9.10. The summed E-state index contributed by atoms with van der Waals surface area (Å²) >= 11 is 11.7. The molecule has 1 N–H and O–H groups in total. The van der Waals surface area contributed by atoms with E-state index in [1.807, 2.05) is 0 Å². The summed E-state index contributed by atoms with van der Waals surface area (Å²) in [4.78, 5) is 12.1. The number of aromatic nitrogens is 3. The smallest absolute Gasteiger partial charge is 0.228 e. The highest BCUT2D eigenvalue weighted by Gasteiger charge is 2.51. The number of anilines is 1. The molecule has 0 aliphatic heterocycles. The molecule has 0 atom stereocenters. The lowest BCUT2D eigenvalue weighted by Gasteiger charge is -2.56. The highest BCUT2D eigenvalue weighted by atomic mass is 35.5. The maximum absolute atomic E-state index is 5.85. The van der Waals surface area contributed by atoms with E-state index in [-0.39, 0.29) is 16.1 Å². The van der Waals surface area contributed by atoms with Gasteiger partial charge in [-0.1, -0.05) is 0 Å². The molecule has 0 aromatic carbocycles. The van der Waals surface area contributed by atoms with Gasteiger partial charge in [0.15, 0.2) is 0 Å². The second kappa shape index (κ2) is 4.19. The van der Waals surface area contributed by atoms with E-state index >= 15 is 0 Å². The van der Waals surface area contributed by atoms with Crippen LogP contribution in [0.5, 0.6) is 0 Å². The number of nitrogens with zero attached hydrogens (tertiary/aromatic N) is 3. The van der Waals surface area contributed by atoms with Crippen LogP contribution in [0.4, 0.5) is 5.95 Å². The third kappa shape index (κ3) is 2.19. The zero-order chi connectivity index (χ0) is 13.0. The van der Waals surface area contributed by atoms with E-state index in [1.54, 1.807) is 0 Å². The molecule has 0 radical (unpaired) electrons. The van der Waals surface area contributed by atoms with Gasteiger partial charge < -0.3 is 5.32 Å². The maximum Gasteiger partial charge on any atom is 0.228 e. The van der Waals surface area contributed by atoms with Crippen LogP contribution in [0.2, 0.25) is 10.6 Å². The van der Waals surface area contributed by atoms with Crippen LogP contribution in [0.3, 0.4) is 0 Å². The number of nitrogens with one attached hydrogen (secondary N) is 1. The zero-order valence-corrected chi connectivity index (χ0v) is 12.1. The molecule has 6 heteroatoms. The molecule has 0 spiro atoms. The molecule has 1 aromatic rings. The van der Waals surface area contributed by atoms with Crippen LogP contribution in [0, 0.1) is 17.8 Å². The first kappa shape index (κ1) is 12.2. The van der Waals surface area contributed by atoms with E-state index in [0.29, 0.717) is 5.95 Å². The van der Waals surface area contributed by atoms with Gasteiger partial charge in [0.1, 0.15) is 0 Å². The number of hydrogen-bond acceptors (Lipinski definition) is 4. The van der Waals surface area contributed by atoms with Crippen LogP contribution in [0.15, 0.2) is 0 Å². The van der Waals surface area contributed by atoms with Gasteiger partial charge in [-0.3, -0.25) is 0 Å². The molecule has 1 heterocycles. The average molecular weight is 299 g/mol. The predicted molar refractivity (Wildman–Crippen MR) is 74.4 cm³/mol. The summed E-state index contributed by atoms with van der Waals surface area (Å²) in [7, 11) is 0. The largest absolute Gasteiger partial charge is 0.349 e. The Morgan fingerprint density at radius 2 is 1.32 bits per heavy atom. The zero-order valence-electron chi connectivity index (χ0n) is 10.6. The van der Waals surface area contributed by atoms with Crippen molar-refractivity contribution in [3.8, 4) is 0 Å². The van der Waals surface area contributed by atoms with Crippen molar-refractivity contribution in [2.45, 2.75) is 44.1 Å². The van der Waals surface area contributed by atoms with E-state index in [9.17, 15) is 0 Å². The van der Waals surface area contributed by atoms with Crippen molar-refractivity contribution in [3.05, 3.63) is 10.6 Å². The predicted octanol–water partition coefficient (Wildman–Crippen LogP) is 3.56. The topological polar surface area (TPSA) is 50.7 Å². The molecule has 0 saturated heterocycles. The highest BCUT2D eigenvalue weighted by Crippen LogP contribution is 2.56. The molecule has 1 aromatic heterocycles. The normalized spacial score (nSPS) is 39.6. The number of hydrogen-bond donors (Lipinski definition) is 1. The fourth-order valence-electron chi connectivity index (χ4n) is 4.88. The quantitative estimate of drug-likeness (QED) is 0.907. The van der Waals surface area contributed by atoms with Gasteiger partial charge in [0.2, 0.25) is 16.5 Å². The van der Waals surface area contributed by atoms with E-state index in [1.165, 1.54) is 38.5 Å². The van der Waals surface area contributed by atoms with Gasteiger partial charge in [0.05, 0.1) is 0 Å². The minimum absolute atomic E-state index is 0.159. The van der Waals surface area contributed by atoms with Crippen molar-refractivity contribution in [3.63, 3.8) is 0 Å². The van der Waals surface area contributed by atoms with E-state index in [0.717, 1.165) is 17.8 Å². The first-order valence-electron chi connectivity index (χ1n) is 6.95. The summed E-state index contributed by atoms with van der Waals surface area (Å²) in [5.41, 5.74) is 0.169. The van der Waals surface area contributed by atoms with Gasteiger partial charge in [-0.2, -0.15) is 15.0 Å². The Morgan fingerprint density at radius 3 is 1.79 bits per heavy atom. The van der Waals surface area contributed by atoms with Crippen molar-refractivity contribution in [2.24, 2.45) is 17.8 Å². The lowest BCUT2D eigenvalue weighted by molar-refractivity contribution is 0.0103. The SMILES string of the molecule is Clc1nc(Cl)nc(NC23CC4CC(CC(C4)C2)C3)n1. The third-order valence-electron chi connectivity index (χ3n) is 5.00. The summed E-state index contributed by atoms with van der Waals surface area (Å²) < 4.78 is 0. The molecule has 4 saturated carbocycles. The molecular weight excluding hydrogens is 283 g/mol. The minimum Gasteiger partial charge on any atom is -0.349 e. The summed E-state index contributed by atoms with van der Waals surface area (Å²) in [6.45, 7) is 0. The van der Waals surface area contributed by atoms with Gasteiger partial charge in [-0.15, -0.1) is 0 Å². The lowest BCUT2D eigenvalue weighted by Crippen LogP contribution is -2.55. The van der Waals surface area contributed by atoms with Gasteiger partial charge in [0.25, 0.3) is 0 Å². The molecule has 4 bridgehead atoms. The molecular formula is C13H16Cl2N4. The molecule has 102 valence electrons. The third-order valence-corrected chi connectivity index (χ3v) is 5.33. The summed E-state index contributed by atoms with van der Waals surface area (Å²) in [6, 6.07) is 0. The van der Waals surface area contributed by atoms with Crippen molar-refractivity contribution in [1.29, 1.82) is 0 Å². The maximum atomic E-state index is 5.85. The number of rotatable bonds is 2. The van der Waals surface area contributed by atoms with Gasteiger partial charge in [-0.05, 0) is 79.5 Å². The minimum atomic E-state index is 0.159. The first-order valence-corrected chi connectivity index (χ1v) is 7.71. The number of halogens is 2. The molecule has 4 aliphatic rings. The van der Waals surface area contributed by atoms with Crippen molar-refractivity contribution in [2.75, 3.05) is 5.32 Å². The van der Waals surface area contributed by atoms with Gasteiger partial charge >= 0.3 is 0 Å². The molecule has 5 rings (SSSR count). The fraction of sp³-hybridized carbons (Fsp3) is 0.769. The van der Waals surface area contributed by atoms with E-state index < -0.39 is 0 Å². The Balaban J connectivity index is 1.62. The average Bonchev–Trinajstić information content (AvgIpc) is 2.23. The fourth-order valence-corrected chi connectivity index (χ4v) is 5.25. The summed E-state index contributed by atoms with van der Waals surface area (Å²) in [6.07, 6.45) is 7.96. The van der Waals surface area contributed by atoms with Crippen LogP contribution < -0.4 is 5.32 Å². The van der Waals surface area contributed by atoms with Crippen LogP contribution in [0.25, 0.3) is 0 Å². The summed E-state index contributed by atoms with van der Waals surface area (Å²) in [5.74, 6) is 3.18. The Morgan fingerprint density at radius 1 is 0.842 bits per heavy atom. The molecule has 4 aliphatic carbocycles. The van der Waals surface area contributed by atoms with Crippen molar-refractivity contribution >= 4 is 29.2 Å². The van der Waals surface area contributed by atoms with Crippen molar-refractivity contribution in [1.82, 2.24) is 15.0 Å². The Hall–Kier alpha value is -0.610. The van der Waals surface area contributed by atoms with Crippen LogP contribution >= 0.6 is 23.2 Å². The molecule has 0 amide bonds. The van der Waals surface area contributed by atoms with Gasteiger partial charge in [0, 0.05) is 5.54 Å². The molecule has 0 unspecified atom stereocenters. The standard InChI is InChI=1S/C13H16Cl2N4/c14-10-16-11(15)18-12(17-10)19-13-4-7-1-8(5-13)3-9(2-7)6-13/h7-9H,1-6H2,(H,16,17,18,19). The second-order valence-corrected chi connectivity index (χ2v) is 7.20. The molecule has 4 fully saturated rings. The van der Waals surface area contributed by atoms with Gasteiger partial charge in [-0.25, -0.2) is 0 Å². The second-order valence-electron chi connectivity index (χ2n) is 6.52. The monoisotopic (exact) mass is 298 g/mol. The Kier molecular flexibility index (Phi) is 2.68. The molecule has 19 heavy (non-hydrogen) atoms. The van der Waals surface area contributed by atoms with Crippen LogP contribution in [0.1, 0.15) is 38.5 Å². The van der Waals surface area contributed by atoms with Crippen LogP contribution in [-0.2, 0) is 0 Å². The highest BCUT2D eigenvalue weighted by molar-refractivity contribution is 6.31. The summed E-state index contributed by atoms with van der Waals surface area (Å²) in [5, 5.41) is 3.86. The van der Waals surface area contributed by atoms with Crippen LogP contribution in [-0.4, -0.2) is 20.5 Å². The Bertz CT molecular complexity index is 464. The van der Waals surface area contributed by atoms with Crippen molar-refractivity contribution < 1.29 is 0 Å².